The van der Waals surface area contributed by atoms with Crippen LogP contribution in [0.4, 0.5) is 0 Å². The van der Waals surface area contributed by atoms with Crippen LogP contribution in [0.25, 0.3) is 0 Å². The van der Waals surface area contributed by atoms with E-state index >= 15 is 0 Å². The smallest absolute Gasteiger partial charge is 0.246 e. The van der Waals surface area contributed by atoms with E-state index in [0.717, 1.165) is 11.5 Å². The molecule has 0 aromatic carbocycles. The van der Waals surface area contributed by atoms with Gasteiger partial charge < -0.3 is 10.6 Å². The SMILES string of the molecule is C=C(C)C(=O)NCCSCCNC(=O)C(=C)C. The Balaban J connectivity index is 3.36. The van der Waals surface area contributed by atoms with Crippen molar-refractivity contribution in [3.63, 3.8) is 0 Å². The number of nitrogens with one attached hydrogen (secondary N) is 2. The predicted molar refractivity (Wildman–Crippen MR) is 73.0 cm³/mol. The Labute approximate surface area is 107 Å². The van der Waals surface area contributed by atoms with Crippen molar-refractivity contribution >= 4 is 23.6 Å². The van der Waals surface area contributed by atoms with Gasteiger partial charge in [0, 0.05) is 35.7 Å². The molecule has 2 amide bonds. The summed E-state index contributed by atoms with van der Waals surface area (Å²) in [5.41, 5.74) is 1.03. The molecule has 0 bridgehead atoms. The van der Waals surface area contributed by atoms with Crippen molar-refractivity contribution in [2.45, 2.75) is 13.8 Å². The van der Waals surface area contributed by atoms with Gasteiger partial charge in [-0.2, -0.15) is 11.8 Å². The largest absolute Gasteiger partial charge is 0.352 e. The van der Waals surface area contributed by atoms with E-state index in [1.54, 1.807) is 25.6 Å². The van der Waals surface area contributed by atoms with Crippen LogP contribution in [0.15, 0.2) is 24.3 Å². The van der Waals surface area contributed by atoms with Gasteiger partial charge in [-0.05, 0) is 13.8 Å². The second kappa shape index (κ2) is 8.87. The first-order chi connectivity index (χ1) is 7.95. The molecule has 4 nitrogen and oxygen atoms in total. The Hall–Kier alpha value is -1.23. The van der Waals surface area contributed by atoms with Gasteiger partial charge >= 0.3 is 0 Å². The molecule has 0 aromatic rings. The zero-order valence-electron chi connectivity index (χ0n) is 10.5. The van der Waals surface area contributed by atoms with Gasteiger partial charge in [0.2, 0.25) is 11.8 Å². The van der Waals surface area contributed by atoms with E-state index < -0.39 is 0 Å². The molecule has 0 radical (unpaired) electrons. The third-order valence-corrected chi connectivity index (χ3v) is 2.82. The van der Waals surface area contributed by atoms with Crippen LogP contribution in [0.5, 0.6) is 0 Å². The Morgan fingerprint density at radius 1 is 0.941 bits per heavy atom. The molecule has 0 atom stereocenters. The Morgan fingerprint density at radius 3 is 1.59 bits per heavy atom. The fourth-order valence-electron chi connectivity index (χ4n) is 0.877. The lowest BCUT2D eigenvalue weighted by Gasteiger charge is -2.06. The molecule has 96 valence electrons. The molecule has 0 aromatic heterocycles. The predicted octanol–water partition coefficient (Wildman–Crippen LogP) is 1.10. The Bertz CT molecular complexity index is 284. The summed E-state index contributed by atoms with van der Waals surface area (Å²) in [4.78, 5) is 22.2. The molecular weight excluding hydrogens is 236 g/mol. The van der Waals surface area contributed by atoms with Gasteiger partial charge in [0.05, 0.1) is 0 Å². The van der Waals surface area contributed by atoms with Gasteiger partial charge in [0.15, 0.2) is 0 Å². The number of hydrogen-bond acceptors (Lipinski definition) is 3. The topological polar surface area (TPSA) is 58.2 Å². The molecule has 5 heteroatoms. The first-order valence-corrected chi connectivity index (χ1v) is 6.55. The third-order valence-electron chi connectivity index (χ3n) is 1.84. The highest BCUT2D eigenvalue weighted by Crippen LogP contribution is 1.97. The zero-order valence-corrected chi connectivity index (χ0v) is 11.3. The number of rotatable bonds is 8. The molecule has 0 aliphatic rings. The number of hydrogen-bond donors (Lipinski definition) is 2. The molecule has 0 spiro atoms. The molecule has 0 aliphatic heterocycles. The lowest BCUT2D eigenvalue weighted by atomic mass is 10.3. The summed E-state index contributed by atoms with van der Waals surface area (Å²) in [6.45, 7) is 11.7. The van der Waals surface area contributed by atoms with Crippen LogP contribution in [0.3, 0.4) is 0 Å². The van der Waals surface area contributed by atoms with Crippen molar-refractivity contribution in [1.82, 2.24) is 10.6 Å². The van der Waals surface area contributed by atoms with Gasteiger partial charge in [0.25, 0.3) is 0 Å². The van der Waals surface area contributed by atoms with Crippen LogP contribution in [-0.4, -0.2) is 36.4 Å². The second-order valence-electron chi connectivity index (χ2n) is 3.68. The Morgan fingerprint density at radius 2 is 1.29 bits per heavy atom. The molecule has 17 heavy (non-hydrogen) atoms. The minimum Gasteiger partial charge on any atom is -0.352 e. The van der Waals surface area contributed by atoms with Gasteiger partial charge in [-0.3, -0.25) is 9.59 Å². The first-order valence-electron chi connectivity index (χ1n) is 5.40. The van der Waals surface area contributed by atoms with E-state index in [1.807, 2.05) is 0 Å². The molecule has 0 unspecified atom stereocenters. The van der Waals surface area contributed by atoms with Crippen molar-refractivity contribution in [1.29, 1.82) is 0 Å². The lowest BCUT2D eigenvalue weighted by Crippen LogP contribution is -2.27. The fourth-order valence-corrected chi connectivity index (χ4v) is 1.57. The maximum absolute atomic E-state index is 11.1. The van der Waals surface area contributed by atoms with E-state index in [2.05, 4.69) is 23.8 Å². The van der Waals surface area contributed by atoms with E-state index in [9.17, 15) is 9.59 Å². The number of carbonyl (C=O) groups excluding carboxylic acids is 2. The summed E-state index contributed by atoms with van der Waals surface area (Å²) >= 11 is 1.67. The van der Waals surface area contributed by atoms with Gasteiger partial charge in [-0.15, -0.1) is 0 Å². The molecule has 2 N–H and O–H groups in total. The molecule has 0 aliphatic carbocycles. The van der Waals surface area contributed by atoms with E-state index in [4.69, 9.17) is 0 Å². The summed E-state index contributed by atoms with van der Waals surface area (Å²) in [7, 11) is 0. The van der Waals surface area contributed by atoms with Crippen LogP contribution in [0.2, 0.25) is 0 Å². The van der Waals surface area contributed by atoms with Gasteiger partial charge in [-0.25, -0.2) is 0 Å². The summed E-state index contributed by atoms with van der Waals surface area (Å²) in [6, 6.07) is 0. The second-order valence-corrected chi connectivity index (χ2v) is 4.91. The summed E-state index contributed by atoms with van der Waals surface area (Å²) < 4.78 is 0. The van der Waals surface area contributed by atoms with Crippen LogP contribution < -0.4 is 10.6 Å². The maximum atomic E-state index is 11.1. The summed E-state index contributed by atoms with van der Waals surface area (Å²) in [6.07, 6.45) is 0. The third kappa shape index (κ3) is 8.56. The highest BCUT2D eigenvalue weighted by molar-refractivity contribution is 7.99. The van der Waals surface area contributed by atoms with Crippen LogP contribution in [0.1, 0.15) is 13.8 Å². The lowest BCUT2D eigenvalue weighted by molar-refractivity contribution is -0.118. The van der Waals surface area contributed by atoms with E-state index in [0.29, 0.717) is 24.2 Å². The molecule has 0 saturated carbocycles. The molecular formula is C12H20N2O2S. The average Bonchev–Trinajstić information content (AvgIpc) is 2.26. The standard InChI is InChI=1S/C12H20N2O2S/c1-9(2)11(15)13-5-7-17-8-6-14-12(16)10(3)4/h1,3,5-8H2,2,4H3,(H,13,15)(H,14,16). The number of amides is 2. The van der Waals surface area contributed by atoms with Crippen molar-refractivity contribution in [2.24, 2.45) is 0 Å². The fraction of sp³-hybridized carbons (Fsp3) is 0.500. The zero-order chi connectivity index (χ0) is 13.3. The van der Waals surface area contributed by atoms with Crippen LogP contribution >= 0.6 is 11.8 Å². The first kappa shape index (κ1) is 15.8. The average molecular weight is 256 g/mol. The maximum Gasteiger partial charge on any atom is 0.246 e. The molecule has 0 heterocycles. The number of thioether (sulfide) groups is 1. The minimum absolute atomic E-state index is 0.110. The monoisotopic (exact) mass is 256 g/mol. The quantitative estimate of drug-likeness (QED) is 0.505. The van der Waals surface area contributed by atoms with Crippen LogP contribution in [-0.2, 0) is 9.59 Å². The summed E-state index contributed by atoms with van der Waals surface area (Å²) in [5.74, 6) is 1.42. The highest BCUT2D eigenvalue weighted by Gasteiger charge is 2.01. The highest BCUT2D eigenvalue weighted by atomic mass is 32.2. The Kier molecular flexibility index (Phi) is 8.23. The normalized spacial score (nSPS) is 9.53. The van der Waals surface area contributed by atoms with Crippen molar-refractivity contribution in [3.8, 4) is 0 Å². The van der Waals surface area contributed by atoms with Crippen LogP contribution in [0, 0.1) is 0 Å². The van der Waals surface area contributed by atoms with Gasteiger partial charge in [0.1, 0.15) is 0 Å². The molecule has 0 rings (SSSR count). The van der Waals surface area contributed by atoms with Gasteiger partial charge in [-0.1, -0.05) is 13.2 Å². The molecule has 0 fully saturated rings. The van der Waals surface area contributed by atoms with Crippen molar-refractivity contribution in [3.05, 3.63) is 24.3 Å². The minimum atomic E-state index is -0.110. The number of carbonyl (C=O) groups is 2. The summed E-state index contributed by atoms with van der Waals surface area (Å²) in [5, 5.41) is 5.48. The van der Waals surface area contributed by atoms with Crippen molar-refractivity contribution < 1.29 is 9.59 Å². The molecule has 0 saturated heterocycles. The van der Waals surface area contributed by atoms with E-state index in [-0.39, 0.29) is 11.8 Å². The van der Waals surface area contributed by atoms with E-state index in [1.165, 1.54) is 0 Å². The van der Waals surface area contributed by atoms with Crippen molar-refractivity contribution in [2.75, 3.05) is 24.6 Å².